The van der Waals surface area contributed by atoms with Crippen LogP contribution in [0.15, 0.2) is 36.8 Å². The highest BCUT2D eigenvalue weighted by Gasteiger charge is 2.51. The van der Waals surface area contributed by atoms with Crippen LogP contribution >= 0.6 is 0 Å². The molecule has 3 aromatic rings. The SMILES string of the molecule is Cn1nc(-c2cccnc2)c2cc(B3OC(C)(C)C(C)(C)O3)cnc21. The Morgan fingerprint density at radius 2 is 1.80 bits per heavy atom. The van der Waals surface area contributed by atoms with E-state index < -0.39 is 7.12 Å². The Labute approximate surface area is 147 Å². The summed E-state index contributed by atoms with van der Waals surface area (Å²) in [5.41, 5.74) is 2.77. The predicted octanol–water partition coefficient (Wildman–Crippen LogP) is 2.33. The molecule has 0 N–H and O–H groups in total. The average molecular weight is 336 g/mol. The van der Waals surface area contributed by atoms with Crippen LogP contribution in [0.4, 0.5) is 0 Å². The minimum Gasteiger partial charge on any atom is -0.399 e. The minimum atomic E-state index is -0.441. The van der Waals surface area contributed by atoms with Crippen LogP contribution < -0.4 is 5.46 Å². The normalized spacial score (nSPS) is 18.8. The molecule has 6 nitrogen and oxygen atoms in total. The van der Waals surface area contributed by atoms with Gasteiger partial charge in [0.05, 0.1) is 11.2 Å². The van der Waals surface area contributed by atoms with Crippen LogP contribution in [0, 0.1) is 0 Å². The first-order chi connectivity index (χ1) is 11.8. The molecule has 1 aliphatic rings. The van der Waals surface area contributed by atoms with Crippen LogP contribution in [0.25, 0.3) is 22.3 Å². The molecule has 7 heteroatoms. The van der Waals surface area contributed by atoms with E-state index in [1.165, 1.54) is 0 Å². The molecule has 0 saturated carbocycles. The molecule has 4 rings (SSSR count). The average Bonchev–Trinajstić information content (AvgIpc) is 3.01. The van der Waals surface area contributed by atoms with Crippen molar-refractivity contribution in [3.05, 3.63) is 36.8 Å². The Hall–Kier alpha value is -2.25. The molecule has 0 bridgehead atoms. The molecule has 0 aromatic carbocycles. The second-order valence-electron chi connectivity index (χ2n) is 7.44. The van der Waals surface area contributed by atoms with Gasteiger partial charge < -0.3 is 9.31 Å². The van der Waals surface area contributed by atoms with Crippen LogP contribution in [-0.2, 0) is 16.4 Å². The molecule has 0 amide bonds. The Morgan fingerprint density at radius 3 is 2.44 bits per heavy atom. The summed E-state index contributed by atoms with van der Waals surface area (Å²) < 4.78 is 14.1. The zero-order valence-corrected chi connectivity index (χ0v) is 15.1. The summed E-state index contributed by atoms with van der Waals surface area (Å²) >= 11 is 0. The zero-order chi connectivity index (χ0) is 17.8. The van der Waals surface area contributed by atoms with Crippen LogP contribution in [-0.4, -0.2) is 38.1 Å². The van der Waals surface area contributed by atoms with Crippen LogP contribution in [0.3, 0.4) is 0 Å². The summed E-state index contributed by atoms with van der Waals surface area (Å²) in [4.78, 5) is 8.78. The van der Waals surface area contributed by atoms with Gasteiger partial charge in [-0.1, -0.05) is 0 Å². The quantitative estimate of drug-likeness (QED) is 0.672. The van der Waals surface area contributed by atoms with Crippen molar-refractivity contribution >= 4 is 23.6 Å². The van der Waals surface area contributed by atoms with Gasteiger partial charge in [-0.15, -0.1) is 0 Å². The van der Waals surface area contributed by atoms with E-state index in [1.807, 2.05) is 53.1 Å². The number of aromatic nitrogens is 4. The van der Waals surface area contributed by atoms with Crippen molar-refractivity contribution in [1.82, 2.24) is 19.7 Å². The third-order valence-electron chi connectivity index (χ3n) is 5.16. The number of fused-ring (bicyclic) bond motifs is 1. The fourth-order valence-electron chi connectivity index (χ4n) is 2.98. The van der Waals surface area contributed by atoms with Gasteiger partial charge >= 0.3 is 7.12 Å². The first-order valence-electron chi connectivity index (χ1n) is 8.37. The molecule has 3 aromatic heterocycles. The van der Waals surface area contributed by atoms with Crippen molar-refractivity contribution in [3.63, 3.8) is 0 Å². The van der Waals surface area contributed by atoms with Crippen molar-refractivity contribution in [3.8, 4) is 11.3 Å². The van der Waals surface area contributed by atoms with Crippen molar-refractivity contribution in [2.45, 2.75) is 38.9 Å². The first kappa shape index (κ1) is 16.2. The fourth-order valence-corrected chi connectivity index (χ4v) is 2.98. The Kier molecular flexibility index (Phi) is 3.49. The number of pyridine rings is 2. The maximum atomic E-state index is 6.15. The van der Waals surface area contributed by atoms with Crippen LogP contribution in [0.2, 0.25) is 0 Å². The lowest BCUT2D eigenvalue weighted by molar-refractivity contribution is 0.00578. The fraction of sp³-hybridized carbons (Fsp3) is 0.389. The summed E-state index contributed by atoms with van der Waals surface area (Å²) in [5.74, 6) is 0. The molecule has 0 unspecified atom stereocenters. The van der Waals surface area contributed by atoms with Gasteiger partial charge in [0.15, 0.2) is 5.65 Å². The van der Waals surface area contributed by atoms with E-state index in [2.05, 4.69) is 21.1 Å². The van der Waals surface area contributed by atoms with Gasteiger partial charge in [-0.3, -0.25) is 4.98 Å². The van der Waals surface area contributed by atoms with Gasteiger partial charge in [-0.25, -0.2) is 9.67 Å². The lowest BCUT2D eigenvalue weighted by atomic mass is 9.80. The summed E-state index contributed by atoms with van der Waals surface area (Å²) in [5, 5.41) is 5.58. The monoisotopic (exact) mass is 336 g/mol. The molecule has 25 heavy (non-hydrogen) atoms. The second kappa shape index (κ2) is 5.38. The smallest absolute Gasteiger partial charge is 0.399 e. The third-order valence-corrected chi connectivity index (χ3v) is 5.16. The standard InChI is InChI=1S/C18H21BN4O2/c1-17(2)18(3,4)25-19(24-17)13-9-14-15(12-7-6-8-20-10-12)22-23(5)16(14)21-11-13/h6-11H,1-5H3. The van der Waals surface area contributed by atoms with E-state index in [4.69, 9.17) is 9.31 Å². The number of aryl methyl sites for hydroxylation is 1. The van der Waals surface area contributed by atoms with E-state index in [0.717, 1.165) is 27.8 Å². The highest BCUT2D eigenvalue weighted by atomic mass is 16.7. The highest BCUT2D eigenvalue weighted by Crippen LogP contribution is 2.36. The molecule has 0 radical (unpaired) electrons. The van der Waals surface area contributed by atoms with E-state index >= 15 is 0 Å². The lowest BCUT2D eigenvalue weighted by Gasteiger charge is -2.32. The Balaban J connectivity index is 1.81. The summed E-state index contributed by atoms with van der Waals surface area (Å²) in [6.45, 7) is 8.18. The van der Waals surface area contributed by atoms with E-state index in [9.17, 15) is 0 Å². The molecule has 0 atom stereocenters. The Bertz CT molecular complexity index is 921. The predicted molar refractivity (Wildman–Crippen MR) is 97.5 cm³/mol. The maximum absolute atomic E-state index is 6.15. The molecule has 1 aliphatic heterocycles. The largest absolute Gasteiger partial charge is 0.496 e. The molecule has 0 aliphatic carbocycles. The molecule has 0 spiro atoms. The number of hydrogen-bond donors (Lipinski definition) is 0. The second-order valence-corrected chi connectivity index (χ2v) is 7.44. The number of rotatable bonds is 2. The maximum Gasteiger partial charge on any atom is 0.496 e. The van der Waals surface area contributed by atoms with Crippen LogP contribution in [0.1, 0.15) is 27.7 Å². The Morgan fingerprint density at radius 1 is 1.08 bits per heavy atom. The van der Waals surface area contributed by atoms with Gasteiger partial charge in [0.2, 0.25) is 0 Å². The van der Waals surface area contributed by atoms with E-state index in [1.54, 1.807) is 17.1 Å². The van der Waals surface area contributed by atoms with Crippen molar-refractivity contribution < 1.29 is 9.31 Å². The highest BCUT2D eigenvalue weighted by molar-refractivity contribution is 6.62. The van der Waals surface area contributed by atoms with Gasteiger partial charge in [0.25, 0.3) is 0 Å². The molecular weight excluding hydrogens is 315 g/mol. The molecule has 1 fully saturated rings. The number of nitrogens with zero attached hydrogens (tertiary/aromatic N) is 4. The number of hydrogen-bond acceptors (Lipinski definition) is 5. The summed E-state index contributed by atoms with van der Waals surface area (Å²) in [6, 6.07) is 5.96. The first-order valence-corrected chi connectivity index (χ1v) is 8.37. The van der Waals surface area contributed by atoms with E-state index in [0.29, 0.717) is 0 Å². The van der Waals surface area contributed by atoms with Gasteiger partial charge in [-0.2, -0.15) is 5.10 Å². The van der Waals surface area contributed by atoms with Crippen molar-refractivity contribution in [1.29, 1.82) is 0 Å². The van der Waals surface area contributed by atoms with Gasteiger partial charge in [0.1, 0.15) is 5.69 Å². The zero-order valence-electron chi connectivity index (χ0n) is 15.1. The third kappa shape index (κ3) is 2.55. The van der Waals surface area contributed by atoms with Crippen LogP contribution in [0.5, 0.6) is 0 Å². The minimum absolute atomic E-state index is 0.381. The molecule has 1 saturated heterocycles. The van der Waals surface area contributed by atoms with E-state index in [-0.39, 0.29) is 11.2 Å². The summed E-state index contributed by atoms with van der Waals surface area (Å²) in [7, 11) is 1.45. The molecule has 4 heterocycles. The molecular formula is C18H21BN4O2. The topological polar surface area (TPSA) is 62.1 Å². The molecule has 128 valence electrons. The van der Waals surface area contributed by atoms with Gasteiger partial charge in [0, 0.05) is 42.1 Å². The lowest BCUT2D eigenvalue weighted by Crippen LogP contribution is -2.41. The summed E-state index contributed by atoms with van der Waals surface area (Å²) in [6.07, 6.45) is 5.37. The van der Waals surface area contributed by atoms with Gasteiger partial charge in [-0.05, 0) is 45.9 Å². The van der Waals surface area contributed by atoms with Crippen molar-refractivity contribution in [2.75, 3.05) is 0 Å². The van der Waals surface area contributed by atoms with Crippen molar-refractivity contribution in [2.24, 2.45) is 7.05 Å².